The van der Waals surface area contributed by atoms with E-state index in [-0.39, 0.29) is 28.2 Å². The Morgan fingerprint density at radius 1 is 0.971 bits per heavy atom. The normalized spacial score (nSPS) is 12.4. The maximum atomic E-state index is 13.5. The van der Waals surface area contributed by atoms with Gasteiger partial charge in [-0.15, -0.1) is 0 Å². The van der Waals surface area contributed by atoms with Crippen molar-refractivity contribution in [3.05, 3.63) is 62.1 Å². The predicted octanol–water partition coefficient (Wildman–Crippen LogP) is 5.26. The number of amides is 2. The van der Waals surface area contributed by atoms with Crippen molar-refractivity contribution in [2.45, 2.75) is 33.4 Å². The van der Waals surface area contributed by atoms with E-state index in [1.54, 1.807) is 25.1 Å². The van der Waals surface area contributed by atoms with Crippen LogP contribution in [0.15, 0.2) is 36.4 Å². The Kier molecular flexibility index (Phi) is 10.5. The van der Waals surface area contributed by atoms with E-state index in [1.807, 2.05) is 13.8 Å². The van der Waals surface area contributed by atoms with E-state index in [1.165, 1.54) is 23.1 Å². The first-order valence-electron chi connectivity index (χ1n) is 10.6. The summed E-state index contributed by atoms with van der Waals surface area (Å²) in [6.07, 6.45) is 0.961. The number of halogens is 4. The molecule has 0 unspecified atom stereocenters. The molecule has 0 radical (unpaired) electrons. The number of hydrogen-bond donors (Lipinski definition) is 1. The Morgan fingerprint density at radius 2 is 1.51 bits per heavy atom. The second-order valence-electron chi connectivity index (χ2n) is 8.43. The minimum atomic E-state index is -3.92. The fourth-order valence-electron chi connectivity index (χ4n) is 3.19. The number of anilines is 1. The minimum Gasteiger partial charge on any atom is -0.354 e. The van der Waals surface area contributed by atoms with Gasteiger partial charge in [0.1, 0.15) is 12.6 Å². The van der Waals surface area contributed by atoms with Crippen LogP contribution in [0.2, 0.25) is 20.1 Å². The molecule has 12 heteroatoms. The molecular formula is C23H27Cl4N3O4S. The van der Waals surface area contributed by atoms with Gasteiger partial charge >= 0.3 is 0 Å². The van der Waals surface area contributed by atoms with Crippen molar-refractivity contribution in [3.63, 3.8) is 0 Å². The van der Waals surface area contributed by atoms with Crippen molar-refractivity contribution in [2.75, 3.05) is 23.7 Å². The molecule has 0 saturated heterocycles. The largest absolute Gasteiger partial charge is 0.354 e. The smallest absolute Gasteiger partial charge is 0.244 e. The van der Waals surface area contributed by atoms with Crippen LogP contribution in [0.25, 0.3) is 0 Å². The second kappa shape index (κ2) is 12.5. The molecule has 0 aliphatic heterocycles. The summed E-state index contributed by atoms with van der Waals surface area (Å²) in [5.74, 6) is -0.844. The lowest BCUT2D eigenvalue weighted by Gasteiger charge is -2.32. The summed E-state index contributed by atoms with van der Waals surface area (Å²) in [6, 6.07) is 8.16. The third kappa shape index (κ3) is 8.43. The SMILES string of the molecule is CC(C)CNC(=O)[C@@H](C)N(Cc1c(Cl)cccc1Cl)C(=O)CN(c1cc(Cl)cc(Cl)c1)S(C)(=O)=O. The molecule has 2 aromatic rings. The molecule has 0 bridgehead atoms. The summed E-state index contributed by atoms with van der Waals surface area (Å²) in [5, 5.41) is 3.83. The molecule has 2 rings (SSSR count). The Bertz CT molecular complexity index is 1150. The third-order valence-corrected chi connectivity index (χ3v) is 7.34. The maximum Gasteiger partial charge on any atom is 0.244 e. The number of sulfonamides is 1. The van der Waals surface area contributed by atoms with Crippen LogP contribution in [0, 0.1) is 5.92 Å². The first-order chi connectivity index (χ1) is 16.2. The van der Waals surface area contributed by atoms with Gasteiger partial charge in [-0.3, -0.25) is 13.9 Å². The predicted molar refractivity (Wildman–Crippen MR) is 143 cm³/mol. The average molecular weight is 583 g/mol. The van der Waals surface area contributed by atoms with Crippen molar-refractivity contribution in [3.8, 4) is 0 Å². The van der Waals surface area contributed by atoms with Crippen LogP contribution in [-0.4, -0.2) is 50.5 Å². The molecule has 0 saturated carbocycles. The van der Waals surface area contributed by atoms with E-state index in [0.717, 1.165) is 10.6 Å². The van der Waals surface area contributed by atoms with E-state index in [0.29, 0.717) is 22.2 Å². The van der Waals surface area contributed by atoms with Gasteiger partial charge in [-0.05, 0) is 43.2 Å². The molecule has 1 N–H and O–H groups in total. The molecule has 1 atom stereocenters. The van der Waals surface area contributed by atoms with Gasteiger partial charge in [-0.2, -0.15) is 0 Å². The second-order valence-corrected chi connectivity index (χ2v) is 12.0. The van der Waals surface area contributed by atoms with Crippen LogP contribution >= 0.6 is 46.4 Å². The molecule has 35 heavy (non-hydrogen) atoms. The van der Waals surface area contributed by atoms with Gasteiger partial charge in [0.05, 0.1) is 11.9 Å². The molecule has 7 nitrogen and oxygen atoms in total. The Balaban J connectivity index is 2.46. The topological polar surface area (TPSA) is 86.8 Å². The monoisotopic (exact) mass is 581 g/mol. The van der Waals surface area contributed by atoms with E-state index in [4.69, 9.17) is 46.4 Å². The number of carbonyl (C=O) groups is 2. The highest BCUT2D eigenvalue weighted by molar-refractivity contribution is 7.92. The molecule has 0 fully saturated rings. The highest BCUT2D eigenvalue weighted by Crippen LogP contribution is 2.29. The fraction of sp³-hybridized carbons (Fsp3) is 0.391. The summed E-state index contributed by atoms with van der Waals surface area (Å²) in [6.45, 7) is 5.14. The van der Waals surface area contributed by atoms with Crippen molar-refractivity contribution in [2.24, 2.45) is 5.92 Å². The lowest BCUT2D eigenvalue weighted by atomic mass is 10.1. The van der Waals surface area contributed by atoms with Crippen LogP contribution in [0.1, 0.15) is 26.3 Å². The molecule has 0 aliphatic rings. The summed E-state index contributed by atoms with van der Waals surface area (Å²) in [4.78, 5) is 27.6. The van der Waals surface area contributed by atoms with Gasteiger partial charge < -0.3 is 10.2 Å². The van der Waals surface area contributed by atoms with Crippen LogP contribution in [0.5, 0.6) is 0 Å². The zero-order valence-electron chi connectivity index (χ0n) is 19.7. The molecule has 0 aromatic heterocycles. The summed E-state index contributed by atoms with van der Waals surface area (Å²) in [7, 11) is -3.92. The molecule has 2 amide bonds. The van der Waals surface area contributed by atoms with Gasteiger partial charge in [0, 0.05) is 38.7 Å². The Morgan fingerprint density at radius 3 is 2.00 bits per heavy atom. The summed E-state index contributed by atoms with van der Waals surface area (Å²) < 4.78 is 26.1. The highest BCUT2D eigenvalue weighted by atomic mass is 35.5. The first-order valence-corrected chi connectivity index (χ1v) is 14.0. The number of benzene rings is 2. The summed E-state index contributed by atoms with van der Waals surface area (Å²) >= 11 is 24.7. The molecule has 192 valence electrons. The number of rotatable bonds is 10. The lowest BCUT2D eigenvalue weighted by molar-refractivity contribution is -0.139. The quantitative estimate of drug-likeness (QED) is 0.414. The van der Waals surface area contributed by atoms with Gasteiger partial charge in [-0.25, -0.2) is 8.42 Å². The Labute approximate surface area is 226 Å². The summed E-state index contributed by atoms with van der Waals surface area (Å²) in [5.41, 5.74) is 0.551. The van der Waals surface area contributed by atoms with E-state index >= 15 is 0 Å². The van der Waals surface area contributed by atoms with Crippen LogP contribution in [0.3, 0.4) is 0 Å². The van der Waals surface area contributed by atoms with Crippen molar-refractivity contribution in [1.82, 2.24) is 10.2 Å². The minimum absolute atomic E-state index is 0.110. The third-order valence-electron chi connectivity index (χ3n) is 5.06. The van der Waals surface area contributed by atoms with Crippen LogP contribution < -0.4 is 9.62 Å². The molecule has 0 spiro atoms. The van der Waals surface area contributed by atoms with E-state index < -0.39 is 34.4 Å². The molecule has 0 aliphatic carbocycles. The van der Waals surface area contributed by atoms with Gasteiger partial charge in [-0.1, -0.05) is 66.3 Å². The fourth-order valence-corrected chi connectivity index (χ4v) is 5.05. The van der Waals surface area contributed by atoms with Gasteiger partial charge in [0.25, 0.3) is 0 Å². The van der Waals surface area contributed by atoms with Crippen LogP contribution in [0.4, 0.5) is 5.69 Å². The number of carbonyl (C=O) groups excluding carboxylic acids is 2. The first kappa shape index (κ1) is 29.5. The van der Waals surface area contributed by atoms with E-state index in [2.05, 4.69) is 5.32 Å². The highest BCUT2D eigenvalue weighted by Gasteiger charge is 2.31. The average Bonchev–Trinajstić information content (AvgIpc) is 2.73. The van der Waals surface area contributed by atoms with Crippen molar-refractivity contribution >= 4 is 73.9 Å². The number of nitrogens with one attached hydrogen (secondary N) is 1. The number of nitrogens with zero attached hydrogens (tertiary/aromatic N) is 2. The zero-order chi connectivity index (χ0) is 26.5. The Hall–Kier alpha value is -1.71. The molecule has 2 aromatic carbocycles. The van der Waals surface area contributed by atoms with Gasteiger partial charge in [0.15, 0.2) is 0 Å². The van der Waals surface area contributed by atoms with Crippen molar-refractivity contribution in [1.29, 1.82) is 0 Å². The van der Waals surface area contributed by atoms with E-state index in [9.17, 15) is 18.0 Å². The zero-order valence-corrected chi connectivity index (χ0v) is 23.5. The maximum absolute atomic E-state index is 13.5. The molecular weight excluding hydrogens is 556 g/mol. The van der Waals surface area contributed by atoms with Crippen LogP contribution in [-0.2, 0) is 26.2 Å². The van der Waals surface area contributed by atoms with Gasteiger partial charge in [0.2, 0.25) is 21.8 Å². The molecule has 0 heterocycles. The number of hydrogen-bond acceptors (Lipinski definition) is 4. The lowest BCUT2D eigenvalue weighted by Crippen LogP contribution is -2.51. The van der Waals surface area contributed by atoms with Crippen molar-refractivity contribution < 1.29 is 18.0 Å². The standard InChI is InChI=1S/C23H27Cl4N3O4S/c1-14(2)11-28-23(32)15(3)29(12-19-20(26)6-5-7-21(19)27)22(31)13-30(35(4,33)34)18-9-16(24)8-17(25)10-18/h5-10,14-15H,11-13H2,1-4H3,(H,28,32)/t15-/m1/s1.